The highest BCUT2D eigenvalue weighted by Gasteiger charge is 2.27. The molecular weight excluding hydrogens is 272 g/mol. The van der Waals surface area contributed by atoms with Gasteiger partial charge in [-0.05, 0) is 18.6 Å². The Labute approximate surface area is 124 Å². The minimum atomic E-state index is 0.0171. The second-order valence-corrected chi connectivity index (χ2v) is 7.41. The van der Waals surface area contributed by atoms with Gasteiger partial charge in [0.25, 0.3) is 5.91 Å². The van der Waals surface area contributed by atoms with Crippen molar-refractivity contribution in [2.24, 2.45) is 0 Å². The summed E-state index contributed by atoms with van der Waals surface area (Å²) < 4.78 is 5.35. The number of hydrogen-bond donors (Lipinski definition) is 1. The molecule has 1 heterocycles. The summed E-state index contributed by atoms with van der Waals surface area (Å²) in [4.78, 5) is 14.5. The summed E-state index contributed by atoms with van der Waals surface area (Å²) in [6.45, 7) is 6.02. The Morgan fingerprint density at radius 1 is 1.40 bits per heavy atom. The van der Waals surface area contributed by atoms with Crippen molar-refractivity contribution < 1.29 is 9.53 Å². The number of nitrogens with zero attached hydrogens (tertiary/aromatic N) is 1. The molecule has 0 spiro atoms. The number of amides is 1. The third-order valence-electron chi connectivity index (χ3n) is 3.61. The van der Waals surface area contributed by atoms with Gasteiger partial charge in [-0.25, -0.2) is 0 Å². The molecule has 0 aliphatic carbocycles. The van der Waals surface area contributed by atoms with Crippen LogP contribution in [0, 0.1) is 0 Å². The molecule has 5 heteroatoms. The van der Waals surface area contributed by atoms with Crippen LogP contribution in [-0.4, -0.2) is 41.5 Å². The fourth-order valence-electron chi connectivity index (χ4n) is 2.26. The number of carbonyl (C=O) groups is 1. The lowest BCUT2D eigenvalue weighted by Gasteiger charge is -2.23. The summed E-state index contributed by atoms with van der Waals surface area (Å²) in [7, 11) is 1.59. The number of benzene rings is 1. The zero-order valence-electron chi connectivity index (χ0n) is 12.3. The predicted molar refractivity (Wildman–Crippen MR) is 84.5 cm³/mol. The molecule has 0 radical (unpaired) electrons. The quantitative estimate of drug-likeness (QED) is 0.852. The number of rotatable bonds is 2. The Hall–Kier alpha value is -1.36. The number of nitrogens with two attached hydrogens (primary N) is 1. The number of ether oxygens (including phenoxy) is 1. The van der Waals surface area contributed by atoms with E-state index in [1.807, 2.05) is 16.7 Å². The first-order chi connectivity index (χ1) is 9.43. The molecule has 1 aliphatic rings. The molecule has 0 aromatic heterocycles. The smallest absolute Gasteiger partial charge is 0.255 e. The van der Waals surface area contributed by atoms with Gasteiger partial charge in [0.05, 0.1) is 12.7 Å². The van der Waals surface area contributed by atoms with Crippen molar-refractivity contribution in [2.45, 2.75) is 25.0 Å². The van der Waals surface area contributed by atoms with Gasteiger partial charge in [0.2, 0.25) is 0 Å². The zero-order valence-corrected chi connectivity index (χ0v) is 13.1. The van der Waals surface area contributed by atoms with Crippen molar-refractivity contribution in [1.82, 2.24) is 4.90 Å². The second-order valence-electron chi connectivity index (χ2n) is 5.60. The predicted octanol–water partition coefficient (Wildman–Crippen LogP) is 2.64. The second kappa shape index (κ2) is 5.95. The largest absolute Gasteiger partial charge is 0.497 e. The maximum atomic E-state index is 12.6. The van der Waals surface area contributed by atoms with E-state index in [0.717, 1.165) is 25.3 Å². The molecule has 1 aromatic carbocycles. The van der Waals surface area contributed by atoms with Crippen LogP contribution >= 0.6 is 11.8 Å². The van der Waals surface area contributed by atoms with Gasteiger partial charge >= 0.3 is 0 Å². The number of anilines is 1. The lowest BCUT2D eigenvalue weighted by Crippen LogP contribution is -2.34. The summed E-state index contributed by atoms with van der Waals surface area (Å²) in [6.07, 6.45) is 0.999. The maximum absolute atomic E-state index is 12.6. The van der Waals surface area contributed by atoms with E-state index in [2.05, 4.69) is 13.8 Å². The number of carbonyl (C=O) groups excluding carboxylic acids is 1. The first kappa shape index (κ1) is 15.0. The number of thioether (sulfide) groups is 1. The van der Waals surface area contributed by atoms with E-state index < -0.39 is 0 Å². The molecule has 1 fully saturated rings. The molecule has 0 saturated carbocycles. The molecule has 4 nitrogen and oxygen atoms in total. The van der Waals surface area contributed by atoms with E-state index in [1.165, 1.54) is 0 Å². The molecule has 2 rings (SSSR count). The highest BCUT2D eigenvalue weighted by molar-refractivity contribution is 8.00. The van der Waals surface area contributed by atoms with Gasteiger partial charge in [-0.1, -0.05) is 13.8 Å². The summed E-state index contributed by atoms with van der Waals surface area (Å²) in [5.74, 6) is 1.66. The van der Waals surface area contributed by atoms with Crippen LogP contribution in [0.5, 0.6) is 5.75 Å². The first-order valence-electron chi connectivity index (χ1n) is 6.80. The highest BCUT2D eigenvalue weighted by Crippen LogP contribution is 2.31. The van der Waals surface area contributed by atoms with Crippen molar-refractivity contribution in [3.63, 3.8) is 0 Å². The van der Waals surface area contributed by atoms with Crippen molar-refractivity contribution in [1.29, 1.82) is 0 Å². The average molecular weight is 294 g/mol. The molecule has 1 amide bonds. The Balaban J connectivity index is 2.15. The van der Waals surface area contributed by atoms with E-state index >= 15 is 0 Å². The summed E-state index contributed by atoms with van der Waals surface area (Å²) >= 11 is 1.92. The standard InChI is InChI=1S/C15H22N2O2S/c1-15(2)6-7-17(8-9-20-15)14(18)12-5-4-11(19-3)10-13(12)16/h4-5,10H,6-9,16H2,1-3H3. The van der Waals surface area contributed by atoms with Crippen LogP contribution in [0.4, 0.5) is 5.69 Å². The number of nitrogen functional groups attached to an aromatic ring is 1. The van der Waals surface area contributed by atoms with Crippen LogP contribution in [0.25, 0.3) is 0 Å². The van der Waals surface area contributed by atoms with Gasteiger partial charge in [-0.15, -0.1) is 0 Å². The van der Waals surface area contributed by atoms with Crippen LogP contribution in [-0.2, 0) is 0 Å². The van der Waals surface area contributed by atoms with E-state index in [1.54, 1.807) is 25.3 Å². The molecule has 0 atom stereocenters. The average Bonchev–Trinajstić information content (AvgIpc) is 2.59. The SMILES string of the molecule is COc1ccc(C(=O)N2CCSC(C)(C)CC2)c(N)c1. The monoisotopic (exact) mass is 294 g/mol. The fraction of sp³-hybridized carbons (Fsp3) is 0.533. The van der Waals surface area contributed by atoms with Crippen molar-refractivity contribution >= 4 is 23.4 Å². The summed E-state index contributed by atoms with van der Waals surface area (Å²) in [6, 6.07) is 5.23. The fourth-order valence-corrected chi connectivity index (χ4v) is 3.36. The van der Waals surface area contributed by atoms with Gasteiger partial charge in [0.1, 0.15) is 5.75 Å². The van der Waals surface area contributed by atoms with Crippen molar-refractivity contribution in [3.8, 4) is 5.75 Å². The Kier molecular flexibility index (Phi) is 4.48. The topological polar surface area (TPSA) is 55.6 Å². The lowest BCUT2D eigenvalue weighted by molar-refractivity contribution is 0.0765. The van der Waals surface area contributed by atoms with Gasteiger partial charge in [0.15, 0.2) is 0 Å². The van der Waals surface area contributed by atoms with Crippen LogP contribution in [0.3, 0.4) is 0 Å². The molecule has 20 heavy (non-hydrogen) atoms. The normalized spacial score (nSPS) is 18.4. The van der Waals surface area contributed by atoms with E-state index in [4.69, 9.17) is 10.5 Å². The zero-order chi connectivity index (χ0) is 14.8. The number of methoxy groups -OCH3 is 1. The molecule has 1 saturated heterocycles. The van der Waals surface area contributed by atoms with Crippen LogP contribution in [0.1, 0.15) is 30.6 Å². The third-order valence-corrected chi connectivity index (χ3v) is 4.99. The van der Waals surface area contributed by atoms with Gasteiger partial charge in [0, 0.05) is 35.3 Å². The maximum Gasteiger partial charge on any atom is 0.255 e. The molecule has 1 aliphatic heterocycles. The molecular formula is C15H22N2O2S. The van der Waals surface area contributed by atoms with Crippen molar-refractivity contribution in [3.05, 3.63) is 23.8 Å². The van der Waals surface area contributed by atoms with E-state index in [0.29, 0.717) is 17.0 Å². The van der Waals surface area contributed by atoms with Gasteiger partial charge in [-0.3, -0.25) is 4.79 Å². The Bertz CT molecular complexity index is 503. The molecule has 0 unspecified atom stereocenters. The van der Waals surface area contributed by atoms with Crippen LogP contribution in [0.2, 0.25) is 0 Å². The summed E-state index contributed by atoms with van der Waals surface area (Å²) in [5, 5.41) is 0. The molecule has 0 bridgehead atoms. The first-order valence-corrected chi connectivity index (χ1v) is 7.78. The summed E-state index contributed by atoms with van der Waals surface area (Å²) in [5.41, 5.74) is 7.01. The van der Waals surface area contributed by atoms with E-state index in [9.17, 15) is 4.79 Å². The molecule has 110 valence electrons. The molecule has 2 N–H and O–H groups in total. The van der Waals surface area contributed by atoms with E-state index in [-0.39, 0.29) is 10.7 Å². The molecule has 1 aromatic rings. The van der Waals surface area contributed by atoms with Crippen LogP contribution < -0.4 is 10.5 Å². The van der Waals surface area contributed by atoms with Gasteiger partial charge < -0.3 is 15.4 Å². The Morgan fingerprint density at radius 3 is 2.80 bits per heavy atom. The lowest BCUT2D eigenvalue weighted by atomic mass is 10.1. The minimum absolute atomic E-state index is 0.0171. The minimum Gasteiger partial charge on any atom is -0.497 e. The van der Waals surface area contributed by atoms with Crippen LogP contribution in [0.15, 0.2) is 18.2 Å². The van der Waals surface area contributed by atoms with Gasteiger partial charge in [-0.2, -0.15) is 11.8 Å². The number of hydrogen-bond acceptors (Lipinski definition) is 4. The third kappa shape index (κ3) is 3.39. The Morgan fingerprint density at radius 2 is 2.15 bits per heavy atom. The van der Waals surface area contributed by atoms with Crippen molar-refractivity contribution in [2.75, 3.05) is 31.7 Å². The highest BCUT2D eigenvalue weighted by atomic mass is 32.2.